The summed E-state index contributed by atoms with van der Waals surface area (Å²) in [6, 6.07) is 4.44. The number of carbonyl (C=O) groups is 1. The predicted octanol–water partition coefficient (Wildman–Crippen LogP) is 2.72. The van der Waals surface area contributed by atoms with E-state index in [-0.39, 0.29) is 23.3 Å². The zero-order valence-electron chi connectivity index (χ0n) is 9.12. The number of carbonyl (C=O) groups excluding carboxylic acids is 1. The Bertz CT molecular complexity index is 419. The first-order chi connectivity index (χ1) is 8.16. The molecule has 1 fully saturated rings. The Morgan fingerprint density at radius 2 is 2.41 bits per heavy atom. The van der Waals surface area contributed by atoms with E-state index in [0.717, 1.165) is 5.75 Å². The van der Waals surface area contributed by atoms with Crippen molar-refractivity contribution < 1.29 is 13.9 Å². The summed E-state index contributed by atoms with van der Waals surface area (Å²) in [5.41, 5.74) is 0.635. The molecular formula is C12H12ClFO2S. The molecule has 0 aliphatic carbocycles. The van der Waals surface area contributed by atoms with Crippen molar-refractivity contribution in [2.75, 3.05) is 18.1 Å². The van der Waals surface area contributed by atoms with Gasteiger partial charge in [0.2, 0.25) is 0 Å². The van der Waals surface area contributed by atoms with Crippen molar-refractivity contribution in [3.8, 4) is 0 Å². The van der Waals surface area contributed by atoms with Gasteiger partial charge in [-0.3, -0.25) is 4.79 Å². The summed E-state index contributed by atoms with van der Waals surface area (Å²) in [7, 11) is 0. The second-order valence-corrected chi connectivity index (χ2v) is 5.38. The molecule has 2 rings (SSSR count). The molecule has 0 bridgehead atoms. The molecule has 0 saturated carbocycles. The number of Topliss-reactive ketones (excluding diaryl/α,β-unsaturated/α-hetero) is 1. The maximum atomic E-state index is 13.2. The Balaban J connectivity index is 1.99. The van der Waals surface area contributed by atoms with Gasteiger partial charge in [-0.15, -0.1) is 0 Å². The summed E-state index contributed by atoms with van der Waals surface area (Å²) >= 11 is 7.28. The van der Waals surface area contributed by atoms with Crippen LogP contribution >= 0.6 is 23.4 Å². The number of benzene rings is 1. The van der Waals surface area contributed by atoms with Gasteiger partial charge in [-0.05, 0) is 17.7 Å². The number of ether oxygens (including phenoxy) is 1. The summed E-state index contributed by atoms with van der Waals surface area (Å²) in [5, 5.41) is 0.0747. The van der Waals surface area contributed by atoms with Crippen LogP contribution in [-0.2, 0) is 16.0 Å². The predicted molar refractivity (Wildman–Crippen MR) is 67.2 cm³/mol. The zero-order valence-corrected chi connectivity index (χ0v) is 10.7. The van der Waals surface area contributed by atoms with E-state index in [0.29, 0.717) is 17.9 Å². The van der Waals surface area contributed by atoms with E-state index < -0.39 is 5.82 Å². The highest BCUT2D eigenvalue weighted by molar-refractivity contribution is 7.99. The van der Waals surface area contributed by atoms with E-state index in [1.807, 2.05) is 0 Å². The summed E-state index contributed by atoms with van der Waals surface area (Å²) in [6.45, 7) is 0.607. The van der Waals surface area contributed by atoms with Gasteiger partial charge in [0.25, 0.3) is 0 Å². The molecule has 0 radical (unpaired) electrons. The number of ketones is 1. The van der Waals surface area contributed by atoms with E-state index in [1.54, 1.807) is 17.8 Å². The largest absolute Gasteiger partial charge is 0.369 e. The molecule has 0 aromatic heterocycles. The third-order valence-electron chi connectivity index (χ3n) is 2.54. The molecule has 1 saturated heterocycles. The Hall–Kier alpha value is -0.580. The first-order valence-corrected chi connectivity index (χ1v) is 6.86. The molecule has 1 atom stereocenters. The van der Waals surface area contributed by atoms with Crippen LogP contribution in [0.15, 0.2) is 18.2 Å². The first-order valence-electron chi connectivity index (χ1n) is 5.33. The lowest BCUT2D eigenvalue weighted by molar-refractivity contribution is -0.128. The van der Waals surface area contributed by atoms with Gasteiger partial charge in [0.05, 0.1) is 11.6 Å². The Kier molecular flexibility index (Phi) is 4.42. The highest BCUT2D eigenvalue weighted by Crippen LogP contribution is 2.18. The van der Waals surface area contributed by atoms with Crippen LogP contribution in [0.25, 0.3) is 0 Å². The average molecular weight is 275 g/mol. The summed E-state index contributed by atoms with van der Waals surface area (Å²) in [5.74, 6) is 1.13. The molecule has 1 aliphatic rings. The van der Waals surface area contributed by atoms with Gasteiger partial charge < -0.3 is 4.74 Å². The highest BCUT2D eigenvalue weighted by Gasteiger charge is 2.22. The number of rotatable bonds is 3. The minimum atomic E-state index is -0.490. The van der Waals surface area contributed by atoms with E-state index >= 15 is 0 Å². The number of hydrogen-bond acceptors (Lipinski definition) is 3. The highest BCUT2D eigenvalue weighted by atomic mass is 35.5. The quantitative estimate of drug-likeness (QED) is 0.848. The maximum Gasteiger partial charge on any atom is 0.166 e. The van der Waals surface area contributed by atoms with Crippen LogP contribution in [0.5, 0.6) is 0 Å². The van der Waals surface area contributed by atoms with Gasteiger partial charge in [-0.2, -0.15) is 11.8 Å². The summed E-state index contributed by atoms with van der Waals surface area (Å²) in [6.07, 6.45) is -0.160. The Labute approximate surface area is 108 Å². The van der Waals surface area contributed by atoms with E-state index in [4.69, 9.17) is 16.3 Å². The maximum absolute atomic E-state index is 13.2. The van der Waals surface area contributed by atoms with Crippen LogP contribution in [0.1, 0.15) is 5.56 Å². The van der Waals surface area contributed by atoms with Crippen LogP contribution in [0.3, 0.4) is 0 Å². The molecule has 1 aliphatic heterocycles. The normalized spacial score (nSPS) is 20.2. The van der Waals surface area contributed by atoms with Crippen molar-refractivity contribution >= 4 is 29.1 Å². The topological polar surface area (TPSA) is 26.3 Å². The molecule has 1 aromatic rings. The SMILES string of the molecule is O=C(Cc1ccc(Cl)c(F)c1)C1CSCCO1. The smallest absolute Gasteiger partial charge is 0.166 e. The van der Waals surface area contributed by atoms with E-state index in [2.05, 4.69) is 0 Å². The van der Waals surface area contributed by atoms with Gasteiger partial charge >= 0.3 is 0 Å². The lowest BCUT2D eigenvalue weighted by Gasteiger charge is -2.20. The minimum Gasteiger partial charge on any atom is -0.369 e. The Morgan fingerprint density at radius 1 is 1.59 bits per heavy atom. The van der Waals surface area contributed by atoms with Crippen LogP contribution in [-0.4, -0.2) is 30.0 Å². The van der Waals surface area contributed by atoms with E-state index in [9.17, 15) is 9.18 Å². The Morgan fingerprint density at radius 3 is 3.06 bits per heavy atom. The molecule has 0 N–H and O–H groups in total. The molecule has 1 unspecified atom stereocenters. The second kappa shape index (κ2) is 5.85. The van der Waals surface area contributed by atoms with Crippen molar-refractivity contribution in [2.45, 2.75) is 12.5 Å². The van der Waals surface area contributed by atoms with Gasteiger partial charge in [-0.25, -0.2) is 4.39 Å². The fraction of sp³-hybridized carbons (Fsp3) is 0.417. The fourth-order valence-corrected chi connectivity index (χ4v) is 2.63. The van der Waals surface area contributed by atoms with Crippen LogP contribution < -0.4 is 0 Å². The molecule has 92 valence electrons. The fourth-order valence-electron chi connectivity index (χ4n) is 1.64. The van der Waals surface area contributed by atoms with Gasteiger partial charge in [0.1, 0.15) is 11.9 Å². The molecule has 1 aromatic carbocycles. The first kappa shape index (κ1) is 12.9. The molecular weight excluding hydrogens is 263 g/mol. The number of hydrogen-bond donors (Lipinski definition) is 0. The van der Waals surface area contributed by atoms with Crippen LogP contribution in [0.2, 0.25) is 5.02 Å². The average Bonchev–Trinajstić information content (AvgIpc) is 2.35. The van der Waals surface area contributed by atoms with Crippen LogP contribution in [0, 0.1) is 5.82 Å². The van der Waals surface area contributed by atoms with Gasteiger partial charge in [0, 0.05) is 17.9 Å². The minimum absolute atomic E-state index is 0.000998. The van der Waals surface area contributed by atoms with Crippen molar-refractivity contribution in [2.24, 2.45) is 0 Å². The third kappa shape index (κ3) is 3.44. The molecule has 5 heteroatoms. The number of thioether (sulfide) groups is 1. The van der Waals surface area contributed by atoms with Crippen molar-refractivity contribution in [3.05, 3.63) is 34.6 Å². The number of halogens is 2. The second-order valence-electron chi connectivity index (χ2n) is 3.83. The summed E-state index contributed by atoms with van der Waals surface area (Å²) < 4.78 is 18.6. The lowest BCUT2D eigenvalue weighted by Crippen LogP contribution is -2.32. The summed E-state index contributed by atoms with van der Waals surface area (Å²) in [4.78, 5) is 11.9. The van der Waals surface area contributed by atoms with Crippen molar-refractivity contribution in [1.29, 1.82) is 0 Å². The standard InChI is InChI=1S/C12H12ClFO2S/c13-9-2-1-8(5-10(9)14)6-11(15)12-7-17-4-3-16-12/h1-2,5,12H,3-4,6-7H2. The van der Waals surface area contributed by atoms with Crippen molar-refractivity contribution in [1.82, 2.24) is 0 Å². The molecule has 0 spiro atoms. The van der Waals surface area contributed by atoms with Gasteiger partial charge in [0.15, 0.2) is 5.78 Å². The van der Waals surface area contributed by atoms with Crippen molar-refractivity contribution in [3.63, 3.8) is 0 Å². The third-order valence-corrected chi connectivity index (χ3v) is 3.84. The van der Waals surface area contributed by atoms with Gasteiger partial charge in [-0.1, -0.05) is 17.7 Å². The zero-order chi connectivity index (χ0) is 12.3. The molecule has 0 amide bonds. The molecule has 2 nitrogen and oxygen atoms in total. The lowest BCUT2D eigenvalue weighted by atomic mass is 10.1. The molecule has 17 heavy (non-hydrogen) atoms. The monoisotopic (exact) mass is 274 g/mol. The van der Waals surface area contributed by atoms with E-state index in [1.165, 1.54) is 12.1 Å². The van der Waals surface area contributed by atoms with Crippen LogP contribution in [0.4, 0.5) is 4.39 Å². The molecule has 1 heterocycles.